The molecule has 2 nitrogen and oxygen atoms in total. The summed E-state index contributed by atoms with van der Waals surface area (Å²) in [6, 6.07) is 100.0. The zero-order chi connectivity index (χ0) is 46.9. The van der Waals surface area contributed by atoms with Crippen LogP contribution in [0.4, 0.5) is 17.1 Å². The first kappa shape index (κ1) is 40.8. The van der Waals surface area contributed by atoms with Gasteiger partial charge in [-0.15, -0.1) is 0 Å². The predicted molar refractivity (Wildman–Crippen MR) is 297 cm³/mol. The third kappa shape index (κ3) is 6.57. The van der Waals surface area contributed by atoms with Gasteiger partial charge >= 0.3 is 0 Å². The number of hydrogen-bond acceptors (Lipinski definition) is 2. The quantitative estimate of drug-likeness (QED) is 0.151. The van der Waals surface area contributed by atoms with Gasteiger partial charge in [0.05, 0.1) is 11.1 Å². The third-order valence-corrected chi connectivity index (χ3v) is 14.9. The van der Waals surface area contributed by atoms with E-state index in [2.05, 4.69) is 278 Å². The number of anilines is 3. The molecule has 0 unspecified atom stereocenters. The van der Waals surface area contributed by atoms with Crippen LogP contribution in [0.25, 0.3) is 88.0 Å². The number of nitrogens with zero attached hydrogens (tertiary/aromatic N) is 1. The van der Waals surface area contributed by atoms with Gasteiger partial charge in [-0.1, -0.05) is 212 Å². The van der Waals surface area contributed by atoms with Gasteiger partial charge in [0, 0.05) is 33.1 Å². The van der Waals surface area contributed by atoms with Gasteiger partial charge in [-0.25, -0.2) is 0 Å². The molecule has 332 valence electrons. The van der Waals surface area contributed by atoms with Crippen molar-refractivity contribution < 1.29 is 4.42 Å². The monoisotopic (exact) mass is 903 g/mol. The normalized spacial score (nSPS) is 12.6. The molecule has 14 rings (SSSR count). The zero-order valence-corrected chi connectivity index (χ0v) is 38.8. The van der Waals surface area contributed by atoms with E-state index < -0.39 is 5.41 Å². The lowest BCUT2D eigenvalue weighted by atomic mass is 9.67. The molecule has 1 heterocycles. The van der Waals surface area contributed by atoms with E-state index in [1.807, 2.05) is 0 Å². The zero-order valence-electron chi connectivity index (χ0n) is 38.8. The summed E-state index contributed by atoms with van der Waals surface area (Å²) in [5, 5.41) is 7.00. The van der Waals surface area contributed by atoms with E-state index in [4.69, 9.17) is 4.42 Å². The fraction of sp³-hybridized carbons (Fsp3) is 0.0145. The van der Waals surface area contributed by atoms with Crippen molar-refractivity contribution in [1.29, 1.82) is 0 Å². The van der Waals surface area contributed by atoms with Crippen molar-refractivity contribution in [1.82, 2.24) is 0 Å². The molecule has 13 aromatic rings. The van der Waals surface area contributed by atoms with Crippen molar-refractivity contribution in [3.05, 3.63) is 295 Å². The summed E-state index contributed by atoms with van der Waals surface area (Å²) < 4.78 is 6.62. The highest BCUT2D eigenvalue weighted by Gasteiger charge is 2.46. The van der Waals surface area contributed by atoms with Crippen LogP contribution in [0.3, 0.4) is 0 Å². The predicted octanol–water partition coefficient (Wildman–Crippen LogP) is 18.7. The maximum absolute atomic E-state index is 6.62. The van der Waals surface area contributed by atoms with E-state index in [9.17, 15) is 0 Å². The lowest BCUT2D eigenvalue weighted by Crippen LogP contribution is -2.28. The molecule has 0 N–H and O–H groups in total. The van der Waals surface area contributed by atoms with Crippen molar-refractivity contribution in [3.63, 3.8) is 0 Å². The summed E-state index contributed by atoms with van der Waals surface area (Å²) in [6.07, 6.45) is 0. The molecule has 71 heavy (non-hydrogen) atoms. The Morgan fingerprint density at radius 2 is 0.887 bits per heavy atom. The average molecular weight is 904 g/mol. The lowest BCUT2D eigenvalue weighted by molar-refractivity contribution is 0.672. The summed E-state index contributed by atoms with van der Waals surface area (Å²) in [4.78, 5) is 2.46. The molecule has 2 heteroatoms. The summed E-state index contributed by atoms with van der Waals surface area (Å²) in [5.41, 5.74) is 19.0. The standard InChI is InChI=1S/C69H45NO/c1-3-21-54(22-4-1)69(55-23-5-2-6-24-55)64-28-13-11-27-60(64)61-40-38-57(45-65(61)69)70(56-36-32-47(33-37-56)50-19-15-20-51(42-50)52-31-30-46-16-7-8-18-49(46)43-52)66-29-14-12-25-58(66)53-35-41-67-63(44-53)62-39-34-48-17-9-10-26-59(48)68(62)71-67/h1-45H. The number of fused-ring (bicyclic) bond motifs is 9. The molecule has 0 atom stereocenters. The van der Waals surface area contributed by atoms with Crippen LogP contribution < -0.4 is 4.90 Å². The molecule has 1 aliphatic carbocycles. The van der Waals surface area contributed by atoms with Crippen LogP contribution in [-0.4, -0.2) is 0 Å². The van der Waals surface area contributed by atoms with Gasteiger partial charge < -0.3 is 9.32 Å². The second kappa shape index (κ2) is 16.5. The van der Waals surface area contributed by atoms with E-state index in [0.717, 1.165) is 61.1 Å². The lowest BCUT2D eigenvalue weighted by Gasteiger charge is -2.35. The molecule has 0 amide bonds. The second-order valence-electron chi connectivity index (χ2n) is 18.8. The Balaban J connectivity index is 0.956. The van der Waals surface area contributed by atoms with Crippen LogP contribution in [-0.2, 0) is 5.41 Å². The van der Waals surface area contributed by atoms with Gasteiger partial charge in [-0.2, -0.15) is 0 Å². The van der Waals surface area contributed by atoms with Gasteiger partial charge in [0.2, 0.25) is 0 Å². The highest BCUT2D eigenvalue weighted by Crippen LogP contribution is 2.57. The number of para-hydroxylation sites is 1. The van der Waals surface area contributed by atoms with Gasteiger partial charge in [0.1, 0.15) is 11.2 Å². The van der Waals surface area contributed by atoms with Crippen molar-refractivity contribution >= 4 is 60.5 Å². The Kier molecular flexibility index (Phi) is 9.47. The third-order valence-electron chi connectivity index (χ3n) is 14.9. The first-order valence-corrected chi connectivity index (χ1v) is 24.5. The Morgan fingerprint density at radius 3 is 1.69 bits per heavy atom. The highest BCUT2D eigenvalue weighted by atomic mass is 16.3. The van der Waals surface area contributed by atoms with E-state index in [1.165, 1.54) is 66.2 Å². The SMILES string of the molecule is c1ccc(C2(c3ccccc3)c3ccccc3-c3ccc(N(c4ccc(-c5cccc(-c6ccc7ccccc7c6)c5)cc4)c4ccccc4-c4ccc5oc6c7ccccc7ccc6c5c4)cc32)cc1. The largest absolute Gasteiger partial charge is 0.455 e. The second-order valence-corrected chi connectivity index (χ2v) is 18.8. The van der Waals surface area contributed by atoms with Gasteiger partial charge in [0.15, 0.2) is 0 Å². The molecule has 1 aliphatic rings. The average Bonchev–Trinajstić information content (AvgIpc) is 3.98. The van der Waals surface area contributed by atoms with Gasteiger partial charge in [-0.3, -0.25) is 0 Å². The van der Waals surface area contributed by atoms with E-state index >= 15 is 0 Å². The Bertz CT molecular complexity index is 4130. The number of hydrogen-bond donors (Lipinski definition) is 0. The first-order chi connectivity index (χ1) is 35.2. The van der Waals surface area contributed by atoms with Crippen molar-refractivity contribution in [2.24, 2.45) is 0 Å². The molecule has 0 bridgehead atoms. The smallest absolute Gasteiger partial charge is 0.143 e. The fourth-order valence-corrected chi connectivity index (χ4v) is 11.6. The van der Waals surface area contributed by atoms with Crippen molar-refractivity contribution in [3.8, 4) is 44.5 Å². The molecular formula is C69H45NO. The Labute approximate surface area is 413 Å². The van der Waals surface area contributed by atoms with Gasteiger partial charge in [-0.05, 0) is 138 Å². The number of rotatable bonds is 8. The number of furan rings is 1. The first-order valence-electron chi connectivity index (χ1n) is 24.5. The van der Waals surface area contributed by atoms with Crippen LogP contribution >= 0.6 is 0 Å². The van der Waals surface area contributed by atoms with Crippen LogP contribution in [0.1, 0.15) is 22.3 Å². The maximum Gasteiger partial charge on any atom is 0.143 e. The highest BCUT2D eigenvalue weighted by molar-refractivity contribution is 6.15. The topological polar surface area (TPSA) is 16.4 Å². The molecule has 12 aromatic carbocycles. The van der Waals surface area contributed by atoms with Crippen LogP contribution in [0.15, 0.2) is 277 Å². The van der Waals surface area contributed by atoms with Crippen LogP contribution in [0.5, 0.6) is 0 Å². The minimum Gasteiger partial charge on any atom is -0.455 e. The Morgan fingerprint density at radius 1 is 0.296 bits per heavy atom. The van der Waals surface area contributed by atoms with Crippen molar-refractivity contribution in [2.45, 2.75) is 5.41 Å². The summed E-state index contributed by atoms with van der Waals surface area (Å²) >= 11 is 0. The molecule has 0 fully saturated rings. The molecule has 0 radical (unpaired) electrons. The molecule has 0 saturated heterocycles. The molecule has 0 saturated carbocycles. The molecule has 0 spiro atoms. The van der Waals surface area contributed by atoms with E-state index in [1.54, 1.807) is 0 Å². The molecular weight excluding hydrogens is 859 g/mol. The maximum atomic E-state index is 6.62. The minimum atomic E-state index is -0.549. The molecule has 1 aromatic heterocycles. The summed E-state index contributed by atoms with van der Waals surface area (Å²) in [6.45, 7) is 0. The summed E-state index contributed by atoms with van der Waals surface area (Å²) in [5.74, 6) is 0. The van der Waals surface area contributed by atoms with E-state index in [-0.39, 0.29) is 0 Å². The number of benzene rings is 12. The van der Waals surface area contributed by atoms with Gasteiger partial charge in [0.25, 0.3) is 0 Å². The van der Waals surface area contributed by atoms with E-state index in [0.29, 0.717) is 0 Å². The van der Waals surface area contributed by atoms with Crippen LogP contribution in [0.2, 0.25) is 0 Å². The van der Waals surface area contributed by atoms with Crippen LogP contribution in [0, 0.1) is 0 Å². The summed E-state index contributed by atoms with van der Waals surface area (Å²) in [7, 11) is 0. The molecule has 0 aliphatic heterocycles. The van der Waals surface area contributed by atoms with Crippen molar-refractivity contribution in [2.75, 3.05) is 4.90 Å². The Hall–Kier alpha value is -9.24. The minimum absolute atomic E-state index is 0.549. The fourth-order valence-electron chi connectivity index (χ4n) is 11.6.